The van der Waals surface area contributed by atoms with Gasteiger partial charge in [-0.2, -0.15) is 8.75 Å². The lowest BCUT2D eigenvalue weighted by Crippen LogP contribution is -2.38. The average Bonchev–Trinajstić information content (AvgIpc) is 3.06. The van der Waals surface area contributed by atoms with E-state index in [-0.39, 0.29) is 19.3 Å². The van der Waals surface area contributed by atoms with Crippen molar-refractivity contribution in [2.24, 2.45) is 0 Å². The van der Waals surface area contributed by atoms with E-state index in [2.05, 4.69) is 8.75 Å². The number of carboxylic acid groups (broad SMARTS) is 2. The summed E-state index contributed by atoms with van der Waals surface area (Å²) >= 11 is 2.33. The van der Waals surface area contributed by atoms with E-state index in [0.717, 1.165) is 0 Å². The van der Waals surface area contributed by atoms with E-state index in [1.165, 1.54) is 23.1 Å². The van der Waals surface area contributed by atoms with E-state index < -0.39 is 17.4 Å². The number of aromatic nitrogens is 2. The number of nitrogens with zero attached hydrogens (tertiary/aromatic N) is 2. The van der Waals surface area contributed by atoms with E-state index in [0.29, 0.717) is 11.4 Å². The summed E-state index contributed by atoms with van der Waals surface area (Å²) in [6.07, 6.45) is 0.322. The summed E-state index contributed by atoms with van der Waals surface area (Å²) < 4.78 is 8.28. The standard InChI is InChI=1S/C12H12N2O4S2/c15-10(16)2-1-5-12(11(17)18,8-3-6-19-13-8)9-4-7-20-14-9/h3-4,6-7H,1-2,5H2,(H,15,16)(H,17,18). The number of carbonyl (C=O) groups is 2. The Bertz CT molecular complexity index is 546. The van der Waals surface area contributed by atoms with Crippen molar-refractivity contribution < 1.29 is 19.8 Å². The third-order valence-corrected chi connectivity index (χ3v) is 4.18. The largest absolute Gasteiger partial charge is 0.481 e. The van der Waals surface area contributed by atoms with Gasteiger partial charge < -0.3 is 10.2 Å². The Balaban J connectivity index is 2.40. The summed E-state index contributed by atoms with van der Waals surface area (Å²) in [4.78, 5) is 22.5. The topological polar surface area (TPSA) is 100 Å². The number of rotatable bonds is 7. The first kappa shape index (κ1) is 14.6. The molecular formula is C12H12N2O4S2. The zero-order valence-electron chi connectivity index (χ0n) is 10.4. The molecule has 20 heavy (non-hydrogen) atoms. The molecule has 106 valence electrons. The number of hydrogen-bond donors (Lipinski definition) is 2. The predicted molar refractivity (Wildman–Crippen MR) is 74.1 cm³/mol. The molecule has 2 aromatic heterocycles. The van der Waals surface area contributed by atoms with Gasteiger partial charge in [0, 0.05) is 17.2 Å². The lowest BCUT2D eigenvalue weighted by molar-refractivity contribution is -0.143. The molecule has 2 aromatic rings. The second kappa shape index (κ2) is 6.10. The quantitative estimate of drug-likeness (QED) is 0.813. The van der Waals surface area contributed by atoms with Crippen molar-refractivity contribution in [2.75, 3.05) is 0 Å². The molecule has 2 N–H and O–H groups in total. The van der Waals surface area contributed by atoms with Crippen LogP contribution < -0.4 is 0 Å². The van der Waals surface area contributed by atoms with Crippen molar-refractivity contribution in [2.45, 2.75) is 24.7 Å². The summed E-state index contributed by atoms with van der Waals surface area (Å²) in [5.74, 6) is -2.00. The van der Waals surface area contributed by atoms with Crippen molar-refractivity contribution in [3.8, 4) is 0 Å². The molecule has 0 spiro atoms. The fraction of sp³-hybridized carbons (Fsp3) is 0.333. The Hall–Kier alpha value is -1.80. The molecule has 0 fully saturated rings. The second-order valence-corrected chi connectivity index (χ2v) is 5.56. The minimum atomic E-state index is -1.37. The molecule has 0 bridgehead atoms. The van der Waals surface area contributed by atoms with Crippen LogP contribution in [0.4, 0.5) is 0 Å². The van der Waals surface area contributed by atoms with Crippen LogP contribution in [0.3, 0.4) is 0 Å². The average molecular weight is 312 g/mol. The Labute approximate surface area is 123 Å². The van der Waals surface area contributed by atoms with E-state index in [1.54, 1.807) is 22.9 Å². The van der Waals surface area contributed by atoms with E-state index in [1.807, 2.05) is 0 Å². The minimum Gasteiger partial charge on any atom is -0.481 e. The maximum Gasteiger partial charge on any atom is 0.321 e. The highest BCUT2D eigenvalue weighted by atomic mass is 32.1. The molecule has 0 saturated carbocycles. The summed E-state index contributed by atoms with van der Waals surface area (Å²) in [7, 11) is 0. The highest BCUT2D eigenvalue weighted by molar-refractivity contribution is 7.03. The van der Waals surface area contributed by atoms with Crippen LogP contribution in [0.2, 0.25) is 0 Å². The third-order valence-electron chi connectivity index (χ3n) is 3.06. The van der Waals surface area contributed by atoms with E-state index in [9.17, 15) is 14.7 Å². The monoisotopic (exact) mass is 312 g/mol. The lowest BCUT2D eigenvalue weighted by Gasteiger charge is -2.25. The smallest absolute Gasteiger partial charge is 0.321 e. The van der Waals surface area contributed by atoms with Gasteiger partial charge in [0.2, 0.25) is 0 Å². The van der Waals surface area contributed by atoms with E-state index in [4.69, 9.17) is 5.11 Å². The molecule has 8 heteroatoms. The first-order valence-corrected chi connectivity index (χ1v) is 7.51. The predicted octanol–water partition coefficient (Wildman–Crippen LogP) is 2.23. The van der Waals surface area contributed by atoms with Crippen LogP contribution in [-0.2, 0) is 15.0 Å². The van der Waals surface area contributed by atoms with Crippen molar-refractivity contribution >= 4 is 35.0 Å². The van der Waals surface area contributed by atoms with Gasteiger partial charge in [0.1, 0.15) is 0 Å². The van der Waals surface area contributed by atoms with Crippen molar-refractivity contribution in [3.05, 3.63) is 34.3 Å². The van der Waals surface area contributed by atoms with Crippen molar-refractivity contribution in [3.63, 3.8) is 0 Å². The van der Waals surface area contributed by atoms with Crippen LogP contribution in [0.15, 0.2) is 22.9 Å². The first-order chi connectivity index (χ1) is 9.57. The molecule has 0 aromatic carbocycles. The molecular weight excluding hydrogens is 300 g/mol. The molecule has 0 aliphatic rings. The van der Waals surface area contributed by atoms with Gasteiger partial charge in [0.15, 0.2) is 5.41 Å². The van der Waals surface area contributed by atoms with Gasteiger partial charge in [-0.3, -0.25) is 9.59 Å². The Morgan fingerprint density at radius 2 is 1.65 bits per heavy atom. The molecule has 0 amide bonds. The van der Waals surface area contributed by atoms with Gasteiger partial charge in [-0.25, -0.2) is 0 Å². The maximum absolute atomic E-state index is 11.9. The van der Waals surface area contributed by atoms with Gasteiger partial charge in [-0.05, 0) is 48.0 Å². The fourth-order valence-electron chi connectivity index (χ4n) is 2.08. The number of carboxylic acids is 2. The van der Waals surface area contributed by atoms with Crippen molar-refractivity contribution in [1.29, 1.82) is 0 Å². The maximum atomic E-state index is 11.9. The van der Waals surface area contributed by atoms with Gasteiger partial charge in [-0.1, -0.05) is 0 Å². The van der Waals surface area contributed by atoms with Crippen LogP contribution in [0, 0.1) is 0 Å². The molecule has 2 rings (SSSR count). The molecule has 0 atom stereocenters. The SMILES string of the molecule is O=C(O)CCCC(C(=O)O)(c1ccsn1)c1ccsn1. The van der Waals surface area contributed by atoms with Crippen molar-refractivity contribution in [1.82, 2.24) is 8.75 Å². The molecule has 0 aliphatic carbocycles. The summed E-state index contributed by atoms with van der Waals surface area (Å²) in [5, 5.41) is 21.9. The van der Waals surface area contributed by atoms with Gasteiger partial charge in [0.25, 0.3) is 0 Å². The second-order valence-electron chi connectivity index (χ2n) is 4.23. The number of hydrogen-bond acceptors (Lipinski definition) is 6. The highest BCUT2D eigenvalue weighted by Gasteiger charge is 2.45. The van der Waals surface area contributed by atoms with Crippen LogP contribution in [0.5, 0.6) is 0 Å². The van der Waals surface area contributed by atoms with Gasteiger partial charge in [0.05, 0.1) is 11.4 Å². The molecule has 2 heterocycles. The lowest BCUT2D eigenvalue weighted by atomic mass is 9.76. The van der Waals surface area contributed by atoms with Crippen LogP contribution >= 0.6 is 23.1 Å². The zero-order chi connectivity index (χ0) is 14.6. The van der Waals surface area contributed by atoms with Gasteiger partial charge in [-0.15, -0.1) is 0 Å². The minimum absolute atomic E-state index is 0.0801. The molecule has 0 saturated heterocycles. The normalized spacial score (nSPS) is 11.4. The van der Waals surface area contributed by atoms with E-state index >= 15 is 0 Å². The zero-order valence-corrected chi connectivity index (χ0v) is 12.0. The molecule has 0 unspecified atom stereocenters. The Kier molecular flexibility index (Phi) is 4.46. The first-order valence-electron chi connectivity index (χ1n) is 5.84. The molecule has 6 nitrogen and oxygen atoms in total. The Morgan fingerprint density at radius 1 is 1.10 bits per heavy atom. The van der Waals surface area contributed by atoms with Crippen LogP contribution in [-0.4, -0.2) is 30.9 Å². The molecule has 0 radical (unpaired) electrons. The summed E-state index contributed by atoms with van der Waals surface area (Å²) in [5.41, 5.74) is -0.548. The third kappa shape index (κ3) is 2.70. The van der Waals surface area contributed by atoms with Crippen LogP contribution in [0.1, 0.15) is 30.7 Å². The highest BCUT2D eigenvalue weighted by Crippen LogP contribution is 2.37. The van der Waals surface area contributed by atoms with Gasteiger partial charge >= 0.3 is 11.9 Å². The summed E-state index contributed by atoms with van der Waals surface area (Å²) in [6, 6.07) is 3.30. The summed E-state index contributed by atoms with van der Waals surface area (Å²) in [6.45, 7) is 0. The Morgan fingerprint density at radius 3 is 2.00 bits per heavy atom. The van der Waals surface area contributed by atoms with Crippen LogP contribution in [0.25, 0.3) is 0 Å². The number of aliphatic carboxylic acids is 2. The molecule has 0 aliphatic heterocycles. The fourth-order valence-corrected chi connectivity index (χ4v) is 3.25.